The van der Waals surface area contributed by atoms with Crippen molar-refractivity contribution in [3.05, 3.63) is 56.0 Å². The van der Waals surface area contributed by atoms with Gasteiger partial charge in [0.05, 0.1) is 15.1 Å². The monoisotopic (exact) mass is 458 g/mol. The Morgan fingerprint density at radius 2 is 2.00 bits per heavy atom. The molecule has 3 rings (SSSR count). The smallest absolute Gasteiger partial charge is 0.266 e. The first-order valence-electron chi connectivity index (χ1n) is 6.41. The summed E-state index contributed by atoms with van der Waals surface area (Å²) in [6.07, 6.45) is 1.66. The van der Waals surface area contributed by atoms with E-state index in [1.165, 1.54) is 28.8 Å². The molecule has 2 aromatic rings. The lowest BCUT2D eigenvalue weighted by Gasteiger charge is -2.06. The van der Waals surface area contributed by atoms with Gasteiger partial charge in [-0.05, 0) is 74.0 Å². The molecule has 1 saturated heterocycles. The lowest BCUT2D eigenvalue weighted by Crippen LogP contribution is -2.23. The van der Waals surface area contributed by atoms with Crippen LogP contribution in [0.4, 0.5) is 10.1 Å². The van der Waals surface area contributed by atoms with E-state index in [2.05, 4.69) is 36.9 Å². The van der Waals surface area contributed by atoms with E-state index in [-0.39, 0.29) is 11.7 Å². The molecular formula is C15H9Br2FN2O2S. The molecule has 0 unspecified atom stereocenters. The third kappa shape index (κ3) is 3.59. The normalized spacial score (nSPS) is 18.4. The number of carbonyl (C=O) groups is 1. The number of hydrogen-bond donors (Lipinski definition) is 0. The van der Waals surface area contributed by atoms with Gasteiger partial charge in [-0.3, -0.25) is 9.69 Å². The summed E-state index contributed by atoms with van der Waals surface area (Å²) < 4.78 is 19.7. The maximum absolute atomic E-state index is 12.9. The minimum atomic E-state index is -0.327. The molecule has 0 bridgehead atoms. The zero-order valence-electron chi connectivity index (χ0n) is 11.7. The van der Waals surface area contributed by atoms with Gasteiger partial charge in [0.2, 0.25) is 0 Å². The highest BCUT2D eigenvalue weighted by Gasteiger charge is 2.30. The molecule has 4 nitrogen and oxygen atoms in total. The molecule has 0 atom stereocenters. The van der Waals surface area contributed by atoms with Gasteiger partial charge in [0.1, 0.15) is 11.6 Å². The quantitative estimate of drug-likeness (QED) is 0.581. The van der Waals surface area contributed by atoms with E-state index in [4.69, 9.17) is 4.42 Å². The minimum Gasteiger partial charge on any atom is -0.449 e. The van der Waals surface area contributed by atoms with Crippen LogP contribution in [0.5, 0.6) is 0 Å². The van der Waals surface area contributed by atoms with Gasteiger partial charge in [-0.25, -0.2) is 9.38 Å². The number of amides is 1. The first-order valence-corrected chi connectivity index (χ1v) is 8.81. The second-order valence-electron chi connectivity index (χ2n) is 4.62. The van der Waals surface area contributed by atoms with Gasteiger partial charge in [0.15, 0.2) is 9.84 Å². The van der Waals surface area contributed by atoms with Crippen LogP contribution in [0, 0.1) is 5.82 Å². The van der Waals surface area contributed by atoms with Crippen LogP contribution in [0.15, 0.2) is 53.8 Å². The lowest BCUT2D eigenvalue weighted by molar-refractivity contribution is -0.121. The summed E-state index contributed by atoms with van der Waals surface area (Å²) in [6, 6.07) is 7.54. The fourth-order valence-corrected chi connectivity index (χ4v) is 3.42. The van der Waals surface area contributed by atoms with E-state index >= 15 is 0 Å². The van der Waals surface area contributed by atoms with Crippen LogP contribution in [-0.2, 0) is 4.79 Å². The van der Waals surface area contributed by atoms with Crippen LogP contribution >= 0.6 is 43.6 Å². The number of benzene rings is 1. The molecule has 0 N–H and O–H groups in total. The van der Waals surface area contributed by atoms with E-state index in [0.29, 0.717) is 26.2 Å². The van der Waals surface area contributed by atoms with E-state index in [0.717, 1.165) is 4.47 Å². The summed E-state index contributed by atoms with van der Waals surface area (Å²) in [4.78, 5) is 18.6. The molecule has 0 radical (unpaired) electrons. The van der Waals surface area contributed by atoms with Gasteiger partial charge in [0, 0.05) is 13.1 Å². The molecule has 1 aliphatic rings. The minimum absolute atomic E-state index is 0.167. The summed E-state index contributed by atoms with van der Waals surface area (Å²) in [5, 5.41) is 0.526. The second kappa shape index (κ2) is 6.62. The lowest BCUT2D eigenvalue weighted by atomic mass is 10.3. The number of halogens is 3. The number of likely N-dealkylation sites (N-methyl/N-ethyl adjacent to an activating group) is 1. The summed E-state index contributed by atoms with van der Waals surface area (Å²) in [5.41, 5.74) is 0.582. The van der Waals surface area contributed by atoms with Crippen molar-refractivity contribution in [1.82, 2.24) is 4.90 Å². The fraction of sp³-hybridized carbons (Fsp3) is 0.0667. The molecule has 0 saturated carbocycles. The zero-order valence-corrected chi connectivity index (χ0v) is 15.7. The number of carbonyl (C=O) groups excluding carboxylic acids is 1. The fourth-order valence-electron chi connectivity index (χ4n) is 1.84. The molecule has 0 aliphatic carbocycles. The molecule has 1 fully saturated rings. The van der Waals surface area contributed by atoms with E-state index < -0.39 is 0 Å². The summed E-state index contributed by atoms with van der Waals surface area (Å²) in [6.45, 7) is 0. The maximum Gasteiger partial charge on any atom is 0.266 e. The van der Waals surface area contributed by atoms with Gasteiger partial charge in [-0.15, -0.1) is 0 Å². The van der Waals surface area contributed by atoms with Crippen LogP contribution in [0.2, 0.25) is 0 Å². The number of nitrogens with zero attached hydrogens (tertiary/aromatic N) is 2. The summed E-state index contributed by atoms with van der Waals surface area (Å²) >= 11 is 7.82. The molecular weight excluding hydrogens is 451 g/mol. The maximum atomic E-state index is 12.9. The Morgan fingerprint density at radius 3 is 2.61 bits per heavy atom. The highest BCUT2D eigenvalue weighted by Crippen LogP contribution is 2.35. The Balaban J connectivity index is 1.89. The largest absolute Gasteiger partial charge is 0.449 e. The molecule has 23 heavy (non-hydrogen) atoms. The Morgan fingerprint density at radius 1 is 1.30 bits per heavy atom. The topological polar surface area (TPSA) is 45.8 Å². The number of rotatable bonds is 2. The molecule has 8 heteroatoms. The van der Waals surface area contributed by atoms with Crippen molar-refractivity contribution in [3.63, 3.8) is 0 Å². The SMILES string of the molecule is CN1C(=O)/C(=C/c2cc(Br)c(Br)o2)SC1=Nc1ccc(F)cc1. The van der Waals surface area contributed by atoms with Crippen molar-refractivity contribution in [2.75, 3.05) is 7.05 Å². The third-order valence-electron chi connectivity index (χ3n) is 2.99. The molecule has 1 amide bonds. The summed E-state index contributed by atoms with van der Waals surface area (Å²) in [7, 11) is 1.65. The highest BCUT2D eigenvalue weighted by atomic mass is 79.9. The van der Waals surface area contributed by atoms with Gasteiger partial charge in [0.25, 0.3) is 5.91 Å². The second-order valence-corrected chi connectivity index (χ2v) is 7.20. The van der Waals surface area contributed by atoms with Gasteiger partial charge in [-0.2, -0.15) is 0 Å². The molecule has 2 heterocycles. The predicted molar refractivity (Wildman–Crippen MR) is 95.9 cm³/mol. The number of hydrogen-bond acceptors (Lipinski definition) is 4. The Labute approximate surface area is 152 Å². The Bertz CT molecular complexity index is 811. The molecule has 118 valence electrons. The van der Waals surface area contributed by atoms with Crippen molar-refractivity contribution in [3.8, 4) is 0 Å². The van der Waals surface area contributed by atoms with Gasteiger partial charge in [-0.1, -0.05) is 0 Å². The standard InChI is InChI=1S/C15H9Br2FN2O2S/c1-20-14(21)12(7-10-6-11(16)13(17)22-10)23-15(20)19-9-4-2-8(18)3-5-9/h2-7H,1H3/b12-7-,19-15?. The molecule has 1 aliphatic heterocycles. The van der Waals surface area contributed by atoms with Crippen molar-refractivity contribution < 1.29 is 13.6 Å². The number of aliphatic imine (C=N–C) groups is 1. The number of amidine groups is 1. The first-order chi connectivity index (χ1) is 10.9. The predicted octanol–water partition coefficient (Wildman–Crippen LogP) is 5.18. The van der Waals surface area contributed by atoms with E-state index in [9.17, 15) is 9.18 Å². The van der Waals surface area contributed by atoms with E-state index in [1.807, 2.05) is 0 Å². The third-order valence-corrected chi connectivity index (χ3v) is 5.76. The molecule has 0 spiro atoms. The van der Waals surface area contributed by atoms with Crippen LogP contribution in [-0.4, -0.2) is 23.0 Å². The van der Waals surface area contributed by atoms with Gasteiger partial charge >= 0.3 is 0 Å². The number of furan rings is 1. The Hall–Kier alpha value is -1.38. The molecule has 1 aromatic heterocycles. The van der Waals surface area contributed by atoms with Crippen LogP contribution in [0.1, 0.15) is 5.76 Å². The average molecular weight is 460 g/mol. The van der Waals surface area contributed by atoms with Crippen molar-refractivity contribution in [2.45, 2.75) is 0 Å². The Kier molecular flexibility index (Phi) is 4.74. The van der Waals surface area contributed by atoms with Crippen LogP contribution in [0.25, 0.3) is 6.08 Å². The van der Waals surface area contributed by atoms with E-state index in [1.54, 1.807) is 31.3 Å². The van der Waals surface area contributed by atoms with Gasteiger partial charge < -0.3 is 4.42 Å². The first kappa shape index (κ1) is 16.5. The van der Waals surface area contributed by atoms with Crippen molar-refractivity contribution in [1.29, 1.82) is 0 Å². The molecule has 1 aromatic carbocycles. The van der Waals surface area contributed by atoms with Crippen LogP contribution < -0.4 is 0 Å². The van der Waals surface area contributed by atoms with Crippen LogP contribution in [0.3, 0.4) is 0 Å². The zero-order chi connectivity index (χ0) is 16.6. The van der Waals surface area contributed by atoms with Crippen molar-refractivity contribution in [2.24, 2.45) is 4.99 Å². The highest BCUT2D eigenvalue weighted by molar-refractivity contribution is 9.13. The van der Waals surface area contributed by atoms with Crippen molar-refractivity contribution >= 4 is 66.5 Å². The average Bonchev–Trinajstić information content (AvgIpc) is 2.96. The number of thioether (sulfide) groups is 1. The summed E-state index contributed by atoms with van der Waals surface area (Å²) in [5.74, 6) is 0.0579.